The zero-order valence-electron chi connectivity index (χ0n) is 16.1. The monoisotopic (exact) mass is 407 g/mol. The Balaban J connectivity index is 1.82. The molecule has 0 aliphatic carbocycles. The SMILES string of the molecule is CC(C)(C)OCCOc1ccc(C(=O)NCc2ccc(S(N)(=O)=O)cc2)cn1. The highest BCUT2D eigenvalue weighted by molar-refractivity contribution is 7.89. The average molecular weight is 407 g/mol. The van der Waals surface area contributed by atoms with E-state index in [0.29, 0.717) is 24.7 Å². The first-order valence-electron chi connectivity index (χ1n) is 8.67. The molecule has 28 heavy (non-hydrogen) atoms. The van der Waals surface area contributed by atoms with Crippen LogP contribution in [0.2, 0.25) is 0 Å². The van der Waals surface area contributed by atoms with Crippen LogP contribution < -0.4 is 15.2 Å². The van der Waals surface area contributed by atoms with Gasteiger partial charge in [0.05, 0.1) is 22.7 Å². The molecule has 0 aliphatic heterocycles. The first-order chi connectivity index (χ1) is 13.0. The van der Waals surface area contributed by atoms with Crippen molar-refractivity contribution in [3.05, 3.63) is 53.7 Å². The predicted octanol–water partition coefficient (Wildman–Crippen LogP) is 1.85. The minimum absolute atomic E-state index is 0.0234. The summed E-state index contributed by atoms with van der Waals surface area (Å²) in [5.74, 6) is 0.110. The standard InChI is InChI=1S/C19H25N3O5S/c1-19(2,3)27-11-10-26-17-9-6-15(13-21-17)18(23)22-12-14-4-7-16(8-5-14)28(20,24)25/h4-9,13H,10-12H2,1-3H3,(H,22,23)(H2,20,24,25). The molecular formula is C19H25N3O5S. The van der Waals surface area contributed by atoms with Crippen LogP contribution in [0.4, 0.5) is 0 Å². The van der Waals surface area contributed by atoms with Gasteiger partial charge in [0.1, 0.15) is 6.61 Å². The summed E-state index contributed by atoms with van der Waals surface area (Å²) in [6.07, 6.45) is 1.43. The number of nitrogens with zero attached hydrogens (tertiary/aromatic N) is 1. The van der Waals surface area contributed by atoms with E-state index in [1.165, 1.54) is 18.3 Å². The number of amides is 1. The molecule has 2 rings (SSSR count). The van der Waals surface area contributed by atoms with E-state index in [2.05, 4.69) is 10.3 Å². The van der Waals surface area contributed by atoms with Crippen LogP contribution in [-0.2, 0) is 21.3 Å². The highest BCUT2D eigenvalue weighted by atomic mass is 32.2. The molecule has 0 atom stereocenters. The van der Waals surface area contributed by atoms with Crippen LogP contribution >= 0.6 is 0 Å². The van der Waals surface area contributed by atoms with Gasteiger partial charge in [-0.25, -0.2) is 18.5 Å². The number of carbonyl (C=O) groups excluding carboxylic acids is 1. The van der Waals surface area contributed by atoms with Crippen LogP contribution in [0.1, 0.15) is 36.7 Å². The molecule has 0 fully saturated rings. The van der Waals surface area contributed by atoms with Crippen molar-refractivity contribution in [3.63, 3.8) is 0 Å². The topological polar surface area (TPSA) is 121 Å². The molecule has 2 aromatic rings. The smallest absolute Gasteiger partial charge is 0.253 e. The molecule has 1 aromatic heterocycles. The Kier molecular flexibility index (Phi) is 7.11. The number of carbonyl (C=O) groups is 1. The number of hydrogen-bond acceptors (Lipinski definition) is 6. The van der Waals surface area contributed by atoms with Crippen molar-refractivity contribution < 1.29 is 22.7 Å². The quantitative estimate of drug-likeness (QED) is 0.644. The van der Waals surface area contributed by atoms with Crippen molar-refractivity contribution in [1.82, 2.24) is 10.3 Å². The lowest BCUT2D eigenvalue weighted by molar-refractivity contribution is -0.0168. The molecule has 0 radical (unpaired) electrons. The van der Waals surface area contributed by atoms with Crippen LogP contribution in [0.25, 0.3) is 0 Å². The molecule has 0 saturated carbocycles. The first-order valence-corrected chi connectivity index (χ1v) is 10.2. The third-order valence-corrected chi connectivity index (χ3v) is 4.50. The van der Waals surface area contributed by atoms with Gasteiger partial charge in [-0.2, -0.15) is 0 Å². The summed E-state index contributed by atoms with van der Waals surface area (Å²) in [6.45, 7) is 6.95. The summed E-state index contributed by atoms with van der Waals surface area (Å²) in [4.78, 5) is 16.3. The van der Waals surface area contributed by atoms with E-state index >= 15 is 0 Å². The second kappa shape index (κ2) is 9.13. The molecule has 8 nitrogen and oxygen atoms in total. The fourth-order valence-corrected chi connectivity index (χ4v) is 2.69. The van der Waals surface area contributed by atoms with Gasteiger partial charge in [-0.15, -0.1) is 0 Å². The molecule has 0 spiro atoms. The van der Waals surface area contributed by atoms with E-state index in [1.54, 1.807) is 24.3 Å². The summed E-state index contributed by atoms with van der Waals surface area (Å²) >= 11 is 0. The van der Waals surface area contributed by atoms with E-state index in [0.717, 1.165) is 5.56 Å². The molecule has 0 unspecified atom stereocenters. The molecule has 152 valence electrons. The maximum Gasteiger partial charge on any atom is 0.253 e. The summed E-state index contributed by atoms with van der Waals surface area (Å²) in [7, 11) is -3.73. The first kappa shape index (κ1) is 21.8. The lowest BCUT2D eigenvalue weighted by Gasteiger charge is -2.19. The van der Waals surface area contributed by atoms with E-state index in [1.807, 2.05) is 20.8 Å². The van der Waals surface area contributed by atoms with E-state index in [9.17, 15) is 13.2 Å². The molecule has 1 aromatic carbocycles. The van der Waals surface area contributed by atoms with Gasteiger partial charge in [-0.1, -0.05) is 12.1 Å². The number of aromatic nitrogens is 1. The third kappa shape index (κ3) is 7.26. The molecule has 1 amide bonds. The van der Waals surface area contributed by atoms with E-state index in [-0.39, 0.29) is 22.9 Å². The van der Waals surface area contributed by atoms with Crippen molar-refractivity contribution in [2.45, 2.75) is 37.8 Å². The summed E-state index contributed by atoms with van der Waals surface area (Å²) in [5, 5.41) is 7.79. The van der Waals surface area contributed by atoms with Crippen LogP contribution in [0.5, 0.6) is 5.88 Å². The Morgan fingerprint density at radius 3 is 2.32 bits per heavy atom. The number of primary sulfonamides is 1. The highest BCUT2D eigenvalue weighted by Crippen LogP contribution is 2.11. The fraction of sp³-hybridized carbons (Fsp3) is 0.368. The summed E-state index contributed by atoms with van der Waals surface area (Å²) < 4.78 is 33.5. The minimum atomic E-state index is -3.73. The van der Waals surface area contributed by atoms with Gasteiger partial charge in [0.15, 0.2) is 0 Å². The normalized spacial score (nSPS) is 11.9. The summed E-state index contributed by atoms with van der Waals surface area (Å²) in [6, 6.07) is 9.21. The van der Waals surface area contributed by atoms with Gasteiger partial charge in [-0.05, 0) is 44.5 Å². The number of ether oxygens (including phenoxy) is 2. The number of pyridine rings is 1. The zero-order valence-corrected chi connectivity index (χ0v) is 17.0. The Labute approximate surface area is 165 Å². The molecule has 0 bridgehead atoms. The van der Waals surface area contributed by atoms with Crippen molar-refractivity contribution in [2.24, 2.45) is 5.14 Å². The van der Waals surface area contributed by atoms with Crippen molar-refractivity contribution in [1.29, 1.82) is 0 Å². The maximum atomic E-state index is 12.2. The van der Waals surface area contributed by atoms with Crippen molar-refractivity contribution in [3.8, 4) is 5.88 Å². The number of nitrogens with two attached hydrogens (primary N) is 1. The van der Waals surface area contributed by atoms with Crippen LogP contribution in [0.3, 0.4) is 0 Å². The second-order valence-electron chi connectivity index (χ2n) is 7.07. The fourth-order valence-electron chi connectivity index (χ4n) is 2.18. The molecule has 0 saturated heterocycles. The molecular weight excluding hydrogens is 382 g/mol. The van der Waals surface area contributed by atoms with Crippen molar-refractivity contribution in [2.75, 3.05) is 13.2 Å². The highest BCUT2D eigenvalue weighted by Gasteiger charge is 2.11. The van der Waals surface area contributed by atoms with Gasteiger partial charge in [0, 0.05) is 18.8 Å². The van der Waals surface area contributed by atoms with Crippen LogP contribution in [-0.4, -0.2) is 38.1 Å². The third-order valence-electron chi connectivity index (χ3n) is 3.57. The van der Waals surface area contributed by atoms with Crippen LogP contribution in [0, 0.1) is 0 Å². The maximum absolute atomic E-state index is 12.2. The van der Waals surface area contributed by atoms with Gasteiger partial charge in [0.25, 0.3) is 5.91 Å². The number of rotatable bonds is 8. The molecule has 9 heteroatoms. The molecule has 3 N–H and O–H groups in total. The Morgan fingerprint density at radius 1 is 1.11 bits per heavy atom. The minimum Gasteiger partial charge on any atom is -0.475 e. The number of nitrogens with one attached hydrogen (secondary N) is 1. The molecule has 1 heterocycles. The Hall–Kier alpha value is -2.49. The zero-order chi connectivity index (χ0) is 20.8. The summed E-state index contributed by atoms with van der Waals surface area (Å²) in [5.41, 5.74) is 0.907. The van der Waals surface area contributed by atoms with Gasteiger partial charge < -0.3 is 14.8 Å². The van der Waals surface area contributed by atoms with Crippen LogP contribution in [0.15, 0.2) is 47.5 Å². The molecule has 0 aliphatic rings. The lowest BCUT2D eigenvalue weighted by Crippen LogP contribution is -2.23. The Bertz CT molecular complexity index is 889. The van der Waals surface area contributed by atoms with Crippen molar-refractivity contribution >= 4 is 15.9 Å². The second-order valence-corrected chi connectivity index (χ2v) is 8.63. The van der Waals surface area contributed by atoms with E-state index < -0.39 is 10.0 Å². The van der Waals surface area contributed by atoms with Gasteiger partial charge >= 0.3 is 0 Å². The van der Waals surface area contributed by atoms with Gasteiger partial charge in [0.2, 0.25) is 15.9 Å². The lowest BCUT2D eigenvalue weighted by atomic mass is 10.2. The number of hydrogen-bond donors (Lipinski definition) is 2. The number of sulfonamides is 1. The Morgan fingerprint density at radius 2 is 1.79 bits per heavy atom. The largest absolute Gasteiger partial charge is 0.475 e. The van der Waals surface area contributed by atoms with E-state index in [4.69, 9.17) is 14.6 Å². The average Bonchev–Trinajstić information content (AvgIpc) is 2.62. The predicted molar refractivity (Wildman–Crippen MR) is 104 cm³/mol. The number of benzene rings is 1. The van der Waals surface area contributed by atoms with Gasteiger partial charge in [-0.3, -0.25) is 4.79 Å².